The fraction of sp³-hybridized carbons (Fsp3) is 0.889. The van der Waals surface area contributed by atoms with Crippen LogP contribution in [0.2, 0.25) is 0 Å². The van der Waals surface area contributed by atoms with E-state index in [1.54, 1.807) is 6.92 Å². The lowest BCUT2D eigenvalue weighted by Gasteiger charge is -2.18. The quantitative estimate of drug-likeness (QED) is 0.544. The van der Waals surface area contributed by atoms with Gasteiger partial charge < -0.3 is 14.6 Å². The van der Waals surface area contributed by atoms with E-state index in [2.05, 4.69) is 5.32 Å². The van der Waals surface area contributed by atoms with Gasteiger partial charge >= 0.3 is 11.9 Å². The van der Waals surface area contributed by atoms with Gasteiger partial charge in [0.1, 0.15) is 5.94 Å². The van der Waals surface area contributed by atoms with E-state index in [0.717, 1.165) is 17.8 Å². The average Bonchev–Trinajstić information content (AvgIpc) is 2.28. The molecule has 0 bridgehead atoms. The Balaban J connectivity index is 4.21. The van der Waals surface area contributed by atoms with Crippen molar-refractivity contribution in [3.63, 3.8) is 0 Å². The summed E-state index contributed by atoms with van der Waals surface area (Å²) in [7, 11) is 1.48. The zero-order valence-electron chi connectivity index (χ0n) is 10.6. The fourth-order valence-corrected chi connectivity index (χ4v) is 7.95. The molecule has 1 N–H and O–H groups in total. The minimum Gasteiger partial charge on any atom is -0.438 e. The van der Waals surface area contributed by atoms with E-state index in [0.29, 0.717) is 6.61 Å². The molecule has 0 rings (SSSR count). The second-order valence-corrected chi connectivity index (χ2v) is 10.8. The minimum absolute atomic E-state index is 0.0282. The Labute approximate surface area is 111 Å². The molecule has 0 spiro atoms. The first-order chi connectivity index (χ1) is 7.97. The molecule has 0 heterocycles. The van der Waals surface area contributed by atoms with Crippen LogP contribution >= 0.6 is 28.5 Å². The smallest absolute Gasteiger partial charge is 0.407 e. The lowest BCUT2D eigenvalue weighted by atomic mass is 10.4. The molecule has 17 heavy (non-hydrogen) atoms. The number of ether oxygens (including phenoxy) is 1. The number of rotatable bonds is 8. The van der Waals surface area contributed by atoms with Crippen molar-refractivity contribution in [2.75, 3.05) is 19.6 Å². The van der Waals surface area contributed by atoms with Gasteiger partial charge in [-0.1, -0.05) is 25.2 Å². The molecule has 0 aromatic carbocycles. The van der Waals surface area contributed by atoms with E-state index in [1.807, 2.05) is 13.8 Å². The molecule has 2 unspecified atom stereocenters. The minimum atomic E-state index is -2.83. The van der Waals surface area contributed by atoms with Crippen molar-refractivity contribution in [3.8, 4) is 0 Å². The molecule has 1 amide bonds. The second kappa shape index (κ2) is 9.14. The molecular weight excluding hydrogens is 281 g/mol. The summed E-state index contributed by atoms with van der Waals surface area (Å²) in [4.78, 5) is 10.8. The topological polar surface area (TPSA) is 64.6 Å². The van der Waals surface area contributed by atoms with Crippen LogP contribution in [0.4, 0.5) is 4.79 Å². The van der Waals surface area contributed by atoms with Crippen LogP contribution in [0.25, 0.3) is 0 Å². The molecule has 0 saturated carbocycles. The monoisotopic (exact) mass is 301 g/mol. The summed E-state index contributed by atoms with van der Waals surface area (Å²) in [5.74, 6) is -2.80. The molecule has 0 aromatic rings. The van der Waals surface area contributed by atoms with E-state index < -0.39 is 11.9 Å². The van der Waals surface area contributed by atoms with E-state index in [-0.39, 0.29) is 11.2 Å². The van der Waals surface area contributed by atoms with Crippen molar-refractivity contribution in [3.05, 3.63) is 0 Å². The van der Waals surface area contributed by atoms with Crippen molar-refractivity contribution >= 4 is 34.6 Å². The number of hydrogen-bond donors (Lipinski definition) is 1. The molecule has 8 heteroatoms. The van der Waals surface area contributed by atoms with Crippen LogP contribution < -0.4 is 5.32 Å². The predicted molar refractivity (Wildman–Crippen MR) is 74.6 cm³/mol. The van der Waals surface area contributed by atoms with Crippen molar-refractivity contribution in [1.82, 2.24) is 5.32 Å². The Morgan fingerprint density at radius 3 is 2.59 bits per heavy atom. The summed E-state index contributed by atoms with van der Waals surface area (Å²) >= 11 is 2.36. The van der Waals surface area contributed by atoms with Crippen LogP contribution in [-0.4, -0.2) is 30.9 Å². The van der Waals surface area contributed by atoms with Crippen LogP contribution in [-0.2, 0) is 13.8 Å². The molecular formula is C9H20NO4PS2. The van der Waals surface area contributed by atoms with Crippen molar-refractivity contribution in [1.29, 1.82) is 0 Å². The maximum atomic E-state index is 12.3. The molecule has 2 atom stereocenters. The lowest BCUT2D eigenvalue weighted by Crippen LogP contribution is -2.18. The molecule has 102 valence electrons. The molecule has 0 aliphatic heterocycles. The van der Waals surface area contributed by atoms with Gasteiger partial charge in [-0.05, 0) is 24.7 Å². The fourth-order valence-electron chi connectivity index (χ4n) is 0.768. The maximum Gasteiger partial charge on any atom is 0.407 e. The van der Waals surface area contributed by atoms with Crippen LogP contribution in [0.5, 0.6) is 0 Å². The van der Waals surface area contributed by atoms with Gasteiger partial charge in [-0.3, -0.25) is 4.57 Å². The zero-order chi connectivity index (χ0) is 13.3. The first-order valence-electron chi connectivity index (χ1n) is 5.39. The Bertz CT molecular complexity index is 278. The van der Waals surface area contributed by atoms with E-state index in [4.69, 9.17) is 9.26 Å². The summed E-state index contributed by atoms with van der Waals surface area (Å²) in [6.45, 7) is 6.20. The summed E-state index contributed by atoms with van der Waals surface area (Å²) in [6, 6.07) is 0. The molecule has 0 radical (unpaired) electrons. The van der Waals surface area contributed by atoms with E-state index in [9.17, 15) is 9.36 Å². The Kier molecular flexibility index (Phi) is 9.22. The van der Waals surface area contributed by atoms with Gasteiger partial charge in [-0.25, -0.2) is 4.79 Å². The normalized spacial score (nSPS) is 16.0. The first kappa shape index (κ1) is 17.2. The summed E-state index contributed by atoms with van der Waals surface area (Å²) in [5, 5.41) is 2.57. The van der Waals surface area contributed by atoms with Crippen LogP contribution in [0.3, 0.4) is 0 Å². The van der Waals surface area contributed by atoms with Gasteiger partial charge in [0, 0.05) is 12.3 Å². The lowest BCUT2D eigenvalue weighted by molar-refractivity contribution is 0.168. The van der Waals surface area contributed by atoms with Gasteiger partial charge in [0.25, 0.3) is 0 Å². The number of carbonyl (C=O) groups is 1. The average molecular weight is 301 g/mol. The van der Waals surface area contributed by atoms with Crippen molar-refractivity contribution in [2.45, 2.75) is 32.4 Å². The largest absolute Gasteiger partial charge is 0.438 e. The number of amides is 1. The third-order valence-electron chi connectivity index (χ3n) is 1.78. The highest BCUT2D eigenvalue weighted by Crippen LogP contribution is 2.71. The first-order valence-corrected chi connectivity index (χ1v) is 10.1. The molecule has 0 aromatic heterocycles. The predicted octanol–water partition coefficient (Wildman–Crippen LogP) is 3.71. The third kappa shape index (κ3) is 7.97. The molecule has 0 saturated heterocycles. The summed E-state index contributed by atoms with van der Waals surface area (Å²) in [5.41, 5.74) is 0. The number of alkyl carbamates (subject to hydrolysis) is 1. The van der Waals surface area contributed by atoms with Crippen molar-refractivity contribution in [2.24, 2.45) is 0 Å². The number of hydrogen-bond acceptors (Lipinski definition) is 6. The Hall–Kier alpha value is 0.160. The molecule has 0 aliphatic rings. The standard InChI is InChI=1S/C9H20NO4PS2/c1-5-8(3)17-15(12,14-6-2)16-7-13-9(11)10-4/h8H,5-7H2,1-4H3,(H,10,11). The van der Waals surface area contributed by atoms with Gasteiger partial charge in [0.15, 0.2) is 0 Å². The van der Waals surface area contributed by atoms with Crippen LogP contribution in [0.15, 0.2) is 0 Å². The van der Waals surface area contributed by atoms with E-state index in [1.165, 1.54) is 18.4 Å². The number of carbonyl (C=O) groups excluding carboxylic acids is 1. The van der Waals surface area contributed by atoms with Gasteiger partial charge in [0.2, 0.25) is 0 Å². The number of nitrogens with one attached hydrogen (secondary N) is 1. The zero-order valence-corrected chi connectivity index (χ0v) is 13.1. The second-order valence-electron chi connectivity index (χ2n) is 3.12. The summed E-state index contributed by atoms with van der Waals surface area (Å²) in [6.07, 6.45) is 0.382. The molecule has 5 nitrogen and oxygen atoms in total. The SMILES string of the molecule is CCOP(=O)(SCOC(=O)NC)SC(C)CC. The highest BCUT2D eigenvalue weighted by molar-refractivity contribution is 8.89. The van der Waals surface area contributed by atoms with Crippen molar-refractivity contribution < 1.29 is 18.6 Å². The molecule has 0 fully saturated rings. The van der Waals surface area contributed by atoms with Gasteiger partial charge in [-0.2, -0.15) is 0 Å². The Morgan fingerprint density at radius 1 is 1.47 bits per heavy atom. The van der Waals surface area contributed by atoms with Crippen LogP contribution in [0, 0.1) is 0 Å². The third-order valence-corrected chi connectivity index (χ3v) is 9.32. The maximum absolute atomic E-state index is 12.3. The van der Waals surface area contributed by atoms with E-state index >= 15 is 0 Å². The molecule has 0 aliphatic carbocycles. The van der Waals surface area contributed by atoms with Gasteiger partial charge in [-0.15, -0.1) is 0 Å². The Morgan fingerprint density at radius 2 is 2.12 bits per heavy atom. The summed E-state index contributed by atoms with van der Waals surface area (Å²) < 4.78 is 22.4. The highest BCUT2D eigenvalue weighted by Gasteiger charge is 2.27. The van der Waals surface area contributed by atoms with Gasteiger partial charge in [0.05, 0.1) is 6.61 Å². The highest BCUT2D eigenvalue weighted by atomic mass is 33.1. The van der Waals surface area contributed by atoms with Crippen LogP contribution in [0.1, 0.15) is 27.2 Å².